The van der Waals surface area contributed by atoms with Gasteiger partial charge in [-0.25, -0.2) is 0 Å². The van der Waals surface area contributed by atoms with Crippen molar-refractivity contribution in [1.29, 1.82) is 0 Å². The predicted octanol–water partition coefficient (Wildman–Crippen LogP) is 3.35. The standard InChI is InChI=1S/C16H25N/c17-4-3-15(12-1-2-12)16-13-6-10-5-11(8-13)9-14(16)7-10/h3,10-14,16H,1-2,4-9,17H2/b15-3+. The van der Waals surface area contributed by atoms with Gasteiger partial charge in [0.2, 0.25) is 0 Å². The average molecular weight is 231 g/mol. The molecular weight excluding hydrogens is 206 g/mol. The molecule has 0 amide bonds. The number of allylic oxidation sites excluding steroid dienone is 1. The Balaban J connectivity index is 1.62. The maximum atomic E-state index is 5.81. The molecule has 5 rings (SSSR count). The van der Waals surface area contributed by atoms with Gasteiger partial charge in [0, 0.05) is 6.54 Å². The second-order valence-corrected chi connectivity index (χ2v) is 7.17. The Labute approximate surface area is 105 Å². The molecule has 0 aromatic rings. The van der Waals surface area contributed by atoms with Crippen molar-refractivity contribution in [1.82, 2.24) is 0 Å². The largest absolute Gasteiger partial charge is 0.327 e. The Morgan fingerprint density at radius 3 is 2.00 bits per heavy atom. The van der Waals surface area contributed by atoms with E-state index in [1.807, 2.05) is 0 Å². The van der Waals surface area contributed by atoms with Gasteiger partial charge in [0.15, 0.2) is 0 Å². The number of nitrogens with two attached hydrogens (primary N) is 1. The molecule has 2 N–H and O–H groups in total. The molecule has 1 heteroatoms. The normalized spacial score (nSPS) is 48.8. The Morgan fingerprint density at radius 1 is 0.941 bits per heavy atom. The van der Waals surface area contributed by atoms with E-state index >= 15 is 0 Å². The van der Waals surface area contributed by atoms with Crippen molar-refractivity contribution in [3.05, 3.63) is 11.6 Å². The molecule has 1 nitrogen and oxygen atoms in total. The number of rotatable bonds is 3. The van der Waals surface area contributed by atoms with Crippen molar-refractivity contribution in [2.75, 3.05) is 6.54 Å². The van der Waals surface area contributed by atoms with E-state index in [0.717, 1.165) is 42.1 Å². The van der Waals surface area contributed by atoms with Crippen LogP contribution in [0.1, 0.15) is 44.9 Å². The van der Waals surface area contributed by atoms with E-state index < -0.39 is 0 Å². The topological polar surface area (TPSA) is 26.0 Å². The lowest BCUT2D eigenvalue weighted by Gasteiger charge is -2.55. The molecule has 4 bridgehead atoms. The second-order valence-electron chi connectivity index (χ2n) is 7.17. The molecule has 0 aromatic carbocycles. The van der Waals surface area contributed by atoms with Crippen molar-refractivity contribution >= 4 is 0 Å². The van der Waals surface area contributed by atoms with Crippen LogP contribution in [0, 0.1) is 35.5 Å². The fraction of sp³-hybridized carbons (Fsp3) is 0.875. The molecule has 0 unspecified atom stereocenters. The van der Waals surface area contributed by atoms with Gasteiger partial charge in [0.1, 0.15) is 0 Å². The molecule has 0 spiro atoms. The van der Waals surface area contributed by atoms with Crippen LogP contribution in [0.15, 0.2) is 11.6 Å². The summed E-state index contributed by atoms with van der Waals surface area (Å²) in [7, 11) is 0. The van der Waals surface area contributed by atoms with E-state index in [1.54, 1.807) is 37.7 Å². The van der Waals surface area contributed by atoms with Crippen molar-refractivity contribution in [3.63, 3.8) is 0 Å². The van der Waals surface area contributed by atoms with E-state index in [9.17, 15) is 0 Å². The highest BCUT2D eigenvalue weighted by Crippen LogP contribution is 2.60. The lowest BCUT2D eigenvalue weighted by molar-refractivity contribution is -0.0227. The molecule has 0 radical (unpaired) electrons. The zero-order valence-electron chi connectivity index (χ0n) is 10.8. The van der Waals surface area contributed by atoms with Crippen molar-refractivity contribution in [2.24, 2.45) is 41.2 Å². The van der Waals surface area contributed by atoms with E-state index in [0.29, 0.717) is 0 Å². The number of hydrogen-bond acceptors (Lipinski definition) is 1. The summed E-state index contributed by atoms with van der Waals surface area (Å²) < 4.78 is 0. The van der Waals surface area contributed by atoms with Crippen molar-refractivity contribution < 1.29 is 0 Å². The predicted molar refractivity (Wildman–Crippen MR) is 70.4 cm³/mol. The minimum Gasteiger partial charge on any atom is -0.327 e. The Hall–Kier alpha value is -0.300. The van der Waals surface area contributed by atoms with Gasteiger partial charge >= 0.3 is 0 Å². The summed E-state index contributed by atoms with van der Waals surface area (Å²) in [6.07, 6.45) is 13.1. The summed E-state index contributed by atoms with van der Waals surface area (Å²) in [6.45, 7) is 0.772. The molecule has 5 aliphatic carbocycles. The van der Waals surface area contributed by atoms with Crippen molar-refractivity contribution in [3.8, 4) is 0 Å². The van der Waals surface area contributed by atoms with E-state index in [2.05, 4.69) is 6.08 Å². The van der Waals surface area contributed by atoms with Gasteiger partial charge in [-0.2, -0.15) is 0 Å². The SMILES string of the molecule is NC/C=C(\C1CC1)C1C2CC3CC(C2)CC1C3. The van der Waals surface area contributed by atoms with E-state index in [4.69, 9.17) is 5.73 Å². The zero-order valence-corrected chi connectivity index (χ0v) is 10.8. The van der Waals surface area contributed by atoms with Crippen LogP contribution in [0.25, 0.3) is 0 Å². The third-order valence-electron chi connectivity index (χ3n) is 6.01. The average Bonchev–Trinajstić information content (AvgIpc) is 3.10. The molecule has 17 heavy (non-hydrogen) atoms. The summed E-state index contributed by atoms with van der Waals surface area (Å²) in [5.74, 6) is 6.20. The van der Waals surface area contributed by atoms with Gasteiger partial charge in [0.05, 0.1) is 0 Å². The Bertz CT molecular complexity index is 311. The second kappa shape index (κ2) is 3.85. The van der Waals surface area contributed by atoms with Gasteiger partial charge in [-0.1, -0.05) is 11.6 Å². The molecule has 5 saturated carbocycles. The maximum Gasteiger partial charge on any atom is 0.0109 e. The molecular formula is C16H25N. The molecule has 0 atom stereocenters. The third-order valence-corrected chi connectivity index (χ3v) is 6.01. The summed E-state index contributed by atoms with van der Waals surface area (Å²) in [4.78, 5) is 0. The molecule has 0 aliphatic heterocycles. The first-order chi connectivity index (χ1) is 8.35. The highest BCUT2D eigenvalue weighted by molar-refractivity contribution is 5.21. The van der Waals surface area contributed by atoms with Crippen molar-refractivity contribution in [2.45, 2.75) is 44.9 Å². The lowest BCUT2D eigenvalue weighted by atomic mass is 9.50. The zero-order chi connectivity index (χ0) is 11.4. The van der Waals surface area contributed by atoms with Crippen LogP contribution in [-0.2, 0) is 0 Å². The summed E-state index contributed by atoms with van der Waals surface area (Å²) in [5, 5.41) is 0. The molecule has 0 saturated heterocycles. The minimum absolute atomic E-state index is 0.772. The highest BCUT2D eigenvalue weighted by atomic mass is 14.6. The van der Waals surface area contributed by atoms with Crippen LogP contribution in [0.4, 0.5) is 0 Å². The molecule has 94 valence electrons. The van der Waals surface area contributed by atoms with Gasteiger partial charge < -0.3 is 5.73 Å². The van der Waals surface area contributed by atoms with E-state index in [-0.39, 0.29) is 0 Å². The summed E-state index contributed by atoms with van der Waals surface area (Å²) in [5.41, 5.74) is 7.62. The quantitative estimate of drug-likeness (QED) is 0.741. The highest BCUT2D eigenvalue weighted by Gasteiger charge is 2.50. The fourth-order valence-corrected chi connectivity index (χ4v) is 5.60. The molecule has 5 fully saturated rings. The van der Waals surface area contributed by atoms with Gasteiger partial charge in [-0.3, -0.25) is 0 Å². The Kier molecular flexibility index (Phi) is 2.40. The van der Waals surface area contributed by atoms with E-state index in [1.165, 1.54) is 12.8 Å². The smallest absolute Gasteiger partial charge is 0.0109 e. The third kappa shape index (κ3) is 1.69. The monoisotopic (exact) mass is 231 g/mol. The van der Waals surface area contributed by atoms with Crippen LogP contribution in [0.3, 0.4) is 0 Å². The molecule has 0 heterocycles. The summed E-state index contributed by atoms with van der Waals surface area (Å²) in [6, 6.07) is 0. The first-order valence-corrected chi connectivity index (χ1v) is 7.75. The van der Waals surface area contributed by atoms with Crippen LogP contribution in [-0.4, -0.2) is 6.54 Å². The Morgan fingerprint density at radius 2 is 1.53 bits per heavy atom. The first kappa shape index (κ1) is 10.6. The lowest BCUT2D eigenvalue weighted by Crippen LogP contribution is -2.46. The van der Waals surface area contributed by atoms with Crippen LogP contribution in [0.2, 0.25) is 0 Å². The minimum atomic E-state index is 0.772. The fourth-order valence-electron chi connectivity index (χ4n) is 5.60. The van der Waals surface area contributed by atoms with Gasteiger partial charge in [0.25, 0.3) is 0 Å². The summed E-state index contributed by atoms with van der Waals surface area (Å²) >= 11 is 0. The molecule has 5 aliphatic rings. The van der Waals surface area contributed by atoms with Gasteiger partial charge in [-0.05, 0) is 80.5 Å². The van der Waals surface area contributed by atoms with Crippen LogP contribution >= 0.6 is 0 Å². The molecule has 0 aromatic heterocycles. The number of hydrogen-bond donors (Lipinski definition) is 1. The van der Waals surface area contributed by atoms with Gasteiger partial charge in [-0.15, -0.1) is 0 Å². The maximum absolute atomic E-state index is 5.81. The van der Waals surface area contributed by atoms with Crippen LogP contribution in [0.5, 0.6) is 0 Å². The first-order valence-electron chi connectivity index (χ1n) is 7.75. The van der Waals surface area contributed by atoms with Crippen LogP contribution < -0.4 is 5.73 Å².